The lowest BCUT2D eigenvalue weighted by Gasteiger charge is -2.29. The first-order valence-electron chi connectivity index (χ1n) is 11.0. The Morgan fingerprint density at radius 3 is 2.52 bits per heavy atom. The van der Waals surface area contributed by atoms with E-state index in [-0.39, 0.29) is 17.8 Å². The number of carbonyl (C=O) groups excluding carboxylic acids is 2. The summed E-state index contributed by atoms with van der Waals surface area (Å²) in [6.45, 7) is 2.68. The summed E-state index contributed by atoms with van der Waals surface area (Å²) in [6, 6.07) is 14.6. The smallest absolute Gasteiger partial charge is 0.347 e. The maximum Gasteiger partial charge on any atom is 0.347 e. The summed E-state index contributed by atoms with van der Waals surface area (Å²) < 4.78 is 11.3. The number of esters is 1. The summed E-state index contributed by atoms with van der Waals surface area (Å²) >= 11 is 5.94. The van der Waals surface area contributed by atoms with E-state index in [0.29, 0.717) is 35.9 Å². The summed E-state index contributed by atoms with van der Waals surface area (Å²) in [4.78, 5) is 24.7. The molecule has 1 aliphatic rings. The van der Waals surface area contributed by atoms with Crippen LogP contribution in [-0.4, -0.2) is 31.1 Å². The van der Waals surface area contributed by atoms with E-state index >= 15 is 0 Å². The van der Waals surface area contributed by atoms with Gasteiger partial charge < -0.3 is 14.8 Å². The highest BCUT2D eigenvalue weighted by atomic mass is 35.5. The van der Waals surface area contributed by atoms with Crippen molar-refractivity contribution in [2.75, 3.05) is 13.2 Å². The van der Waals surface area contributed by atoms with Gasteiger partial charge in [0.15, 0.2) is 6.10 Å². The van der Waals surface area contributed by atoms with Gasteiger partial charge in [0.1, 0.15) is 5.75 Å². The lowest BCUT2D eigenvalue weighted by molar-refractivity contribution is -0.154. The maximum atomic E-state index is 12.5. The van der Waals surface area contributed by atoms with Gasteiger partial charge in [0.2, 0.25) is 0 Å². The Morgan fingerprint density at radius 2 is 1.84 bits per heavy atom. The molecule has 0 spiro atoms. The lowest BCUT2D eigenvalue weighted by Crippen LogP contribution is -2.37. The van der Waals surface area contributed by atoms with E-state index in [0.717, 1.165) is 31.2 Å². The highest BCUT2D eigenvalue weighted by Crippen LogP contribution is 2.30. The minimum Gasteiger partial charge on any atom is -0.478 e. The van der Waals surface area contributed by atoms with Crippen molar-refractivity contribution >= 4 is 23.5 Å². The van der Waals surface area contributed by atoms with E-state index in [4.69, 9.17) is 21.1 Å². The molecule has 1 fully saturated rings. The molecule has 0 saturated heterocycles. The normalized spacial score (nSPS) is 15.2. The van der Waals surface area contributed by atoms with Crippen LogP contribution in [0.1, 0.15) is 54.9 Å². The Kier molecular flexibility index (Phi) is 8.77. The monoisotopic (exact) mass is 443 g/mol. The first kappa shape index (κ1) is 23.1. The quantitative estimate of drug-likeness (QED) is 0.541. The van der Waals surface area contributed by atoms with Crippen molar-refractivity contribution in [2.24, 2.45) is 5.92 Å². The van der Waals surface area contributed by atoms with Gasteiger partial charge in [-0.3, -0.25) is 4.79 Å². The second kappa shape index (κ2) is 11.8. The summed E-state index contributed by atoms with van der Waals surface area (Å²) in [5, 5.41) is 3.44. The van der Waals surface area contributed by atoms with Crippen LogP contribution in [0, 0.1) is 5.92 Å². The van der Waals surface area contributed by atoms with Crippen molar-refractivity contribution in [2.45, 2.75) is 51.6 Å². The van der Waals surface area contributed by atoms with Gasteiger partial charge in [-0.25, -0.2) is 4.79 Å². The predicted octanol–water partition coefficient (Wildman–Crippen LogP) is 5.20. The Bertz CT molecular complexity index is 862. The largest absolute Gasteiger partial charge is 0.478 e. The van der Waals surface area contributed by atoms with Crippen LogP contribution in [-0.2, 0) is 16.0 Å². The number of hydrogen-bond acceptors (Lipinski definition) is 4. The fourth-order valence-corrected chi connectivity index (χ4v) is 4.12. The third kappa shape index (κ3) is 7.00. The van der Waals surface area contributed by atoms with Crippen molar-refractivity contribution in [1.29, 1.82) is 0 Å². The molecule has 31 heavy (non-hydrogen) atoms. The molecule has 1 atom stereocenters. The first-order valence-corrected chi connectivity index (χ1v) is 11.4. The molecule has 1 amide bonds. The molecule has 6 heteroatoms. The SMILES string of the molecule is CCOC(=O)C(Oc1ccc(CCNC(=O)c2cccc(Cl)c2)cc1)C1CCCCC1. The molecule has 1 saturated carbocycles. The molecule has 5 nitrogen and oxygen atoms in total. The van der Waals surface area contributed by atoms with Crippen molar-refractivity contribution in [3.05, 3.63) is 64.7 Å². The number of hydrogen-bond donors (Lipinski definition) is 1. The molecule has 1 unspecified atom stereocenters. The molecule has 0 aliphatic heterocycles. The third-order valence-electron chi connectivity index (χ3n) is 5.57. The summed E-state index contributed by atoms with van der Waals surface area (Å²) in [5.41, 5.74) is 1.62. The molecule has 0 radical (unpaired) electrons. The molecule has 0 heterocycles. The van der Waals surface area contributed by atoms with E-state index in [1.54, 1.807) is 24.3 Å². The number of rotatable bonds is 9. The van der Waals surface area contributed by atoms with Gasteiger partial charge in [0, 0.05) is 23.0 Å². The van der Waals surface area contributed by atoms with Crippen LogP contribution in [0.3, 0.4) is 0 Å². The van der Waals surface area contributed by atoms with Crippen LogP contribution in [0.5, 0.6) is 5.75 Å². The summed E-state index contributed by atoms with van der Waals surface area (Å²) in [7, 11) is 0. The van der Waals surface area contributed by atoms with Crippen LogP contribution < -0.4 is 10.1 Å². The van der Waals surface area contributed by atoms with Gasteiger partial charge in [-0.15, -0.1) is 0 Å². The van der Waals surface area contributed by atoms with Crippen LogP contribution in [0.4, 0.5) is 0 Å². The molecule has 0 bridgehead atoms. The molecular formula is C25H30ClNO4. The molecule has 3 rings (SSSR count). The fraction of sp³-hybridized carbons (Fsp3) is 0.440. The average Bonchev–Trinajstić information content (AvgIpc) is 2.79. The number of halogens is 1. The summed E-state index contributed by atoms with van der Waals surface area (Å²) in [5.74, 6) is 0.443. The highest BCUT2D eigenvalue weighted by molar-refractivity contribution is 6.30. The molecule has 1 N–H and O–H groups in total. The zero-order chi connectivity index (χ0) is 22.1. The van der Waals surface area contributed by atoms with Gasteiger partial charge in [0.25, 0.3) is 5.91 Å². The van der Waals surface area contributed by atoms with Gasteiger partial charge in [-0.2, -0.15) is 0 Å². The number of amides is 1. The molecule has 0 aromatic heterocycles. The minimum absolute atomic E-state index is 0.146. The predicted molar refractivity (Wildman–Crippen MR) is 122 cm³/mol. The van der Waals surface area contributed by atoms with Crippen molar-refractivity contribution < 1.29 is 19.1 Å². The molecule has 2 aromatic carbocycles. The van der Waals surface area contributed by atoms with Crippen molar-refractivity contribution in [1.82, 2.24) is 5.32 Å². The van der Waals surface area contributed by atoms with Crippen LogP contribution >= 0.6 is 11.6 Å². The zero-order valence-electron chi connectivity index (χ0n) is 17.9. The Labute approximate surface area is 189 Å². The number of nitrogens with one attached hydrogen (secondary N) is 1. The highest BCUT2D eigenvalue weighted by Gasteiger charge is 2.32. The number of ether oxygens (including phenoxy) is 2. The standard InChI is InChI=1S/C25H30ClNO4/c1-2-30-25(29)23(19-7-4-3-5-8-19)31-22-13-11-18(12-14-22)15-16-27-24(28)20-9-6-10-21(26)17-20/h6,9-14,17,19,23H,2-5,7-8,15-16H2,1H3,(H,27,28). The van der Waals surface area contributed by atoms with Gasteiger partial charge in [-0.1, -0.05) is 49.1 Å². The molecular weight excluding hydrogens is 414 g/mol. The molecule has 1 aliphatic carbocycles. The Balaban J connectivity index is 1.53. The number of carbonyl (C=O) groups is 2. The van der Waals surface area contributed by atoms with E-state index < -0.39 is 6.10 Å². The summed E-state index contributed by atoms with van der Waals surface area (Å²) in [6.07, 6.45) is 5.60. The van der Waals surface area contributed by atoms with Crippen LogP contribution in [0.2, 0.25) is 5.02 Å². The van der Waals surface area contributed by atoms with E-state index in [9.17, 15) is 9.59 Å². The molecule has 2 aromatic rings. The van der Waals surface area contributed by atoms with Gasteiger partial charge in [0.05, 0.1) is 6.61 Å². The van der Waals surface area contributed by atoms with Crippen molar-refractivity contribution in [3.63, 3.8) is 0 Å². The molecule has 166 valence electrons. The van der Waals surface area contributed by atoms with Gasteiger partial charge >= 0.3 is 5.97 Å². The third-order valence-corrected chi connectivity index (χ3v) is 5.80. The number of benzene rings is 2. The Morgan fingerprint density at radius 1 is 1.10 bits per heavy atom. The van der Waals surface area contributed by atoms with Crippen LogP contribution in [0.25, 0.3) is 0 Å². The topological polar surface area (TPSA) is 64.6 Å². The fourth-order valence-electron chi connectivity index (χ4n) is 3.93. The van der Waals surface area contributed by atoms with Crippen LogP contribution in [0.15, 0.2) is 48.5 Å². The van der Waals surface area contributed by atoms with Crippen molar-refractivity contribution in [3.8, 4) is 5.75 Å². The average molecular weight is 444 g/mol. The van der Waals surface area contributed by atoms with E-state index in [2.05, 4.69) is 5.32 Å². The first-order chi connectivity index (χ1) is 15.1. The Hall–Kier alpha value is -2.53. The second-order valence-electron chi connectivity index (χ2n) is 7.85. The van der Waals surface area contributed by atoms with E-state index in [1.807, 2.05) is 31.2 Å². The minimum atomic E-state index is -0.553. The zero-order valence-corrected chi connectivity index (χ0v) is 18.7. The van der Waals surface area contributed by atoms with E-state index in [1.165, 1.54) is 6.42 Å². The second-order valence-corrected chi connectivity index (χ2v) is 8.29. The van der Waals surface area contributed by atoms with Gasteiger partial charge in [-0.05, 0) is 62.1 Å². The maximum absolute atomic E-state index is 12.5. The lowest BCUT2D eigenvalue weighted by atomic mass is 9.85.